The maximum atomic E-state index is 12.7. The zero-order valence-corrected chi connectivity index (χ0v) is 16.9. The lowest BCUT2D eigenvalue weighted by atomic mass is 9.82. The van der Waals surface area contributed by atoms with E-state index in [4.69, 9.17) is 18.9 Å². The summed E-state index contributed by atoms with van der Waals surface area (Å²) < 4.78 is 23.0. The minimum atomic E-state index is -0.784. The predicted molar refractivity (Wildman–Crippen MR) is 101 cm³/mol. The van der Waals surface area contributed by atoms with Crippen molar-refractivity contribution in [1.29, 1.82) is 0 Å². The van der Waals surface area contributed by atoms with E-state index in [1.54, 1.807) is 12.0 Å². The smallest absolute Gasteiger partial charge is 0.410 e. The van der Waals surface area contributed by atoms with Crippen molar-refractivity contribution in [2.75, 3.05) is 20.3 Å². The fourth-order valence-electron chi connectivity index (χ4n) is 4.33. The fourth-order valence-corrected chi connectivity index (χ4v) is 4.33. The van der Waals surface area contributed by atoms with E-state index in [0.29, 0.717) is 6.61 Å². The highest BCUT2D eigenvalue weighted by Gasteiger charge is 2.64. The van der Waals surface area contributed by atoms with Crippen LogP contribution in [0.25, 0.3) is 0 Å². The Morgan fingerprint density at radius 3 is 2.50 bits per heavy atom. The predicted octanol–water partition coefficient (Wildman–Crippen LogP) is 2.87. The van der Waals surface area contributed by atoms with Crippen LogP contribution in [0.5, 0.6) is 5.75 Å². The zero-order chi connectivity index (χ0) is 20.1. The number of hydrogen-bond acceptors (Lipinski definition) is 6. The molecular formula is C21H29NO6. The molecule has 1 unspecified atom stereocenters. The van der Waals surface area contributed by atoms with Gasteiger partial charge in [0.2, 0.25) is 0 Å². The molecule has 7 heteroatoms. The maximum Gasteiger partial charge on any atom is 0.410 e. The van der Waals surface area contributed by atoms with Gasteiger partial charge in [0.15, 0.2) is 6.29 Å². The van der Waals surface area contributed by atoms with Crippen LogP contribution < -0.4 is 4.74 Å². The van der Waals surface area contributed by atoms with Gasteiger partial charge in [0, 0.05) is 11.5 Å². The fraction of sp³-hybridized carbons (Fsp3) is 0.667. The molecule has 2 saturated heterocycles. The number of carbonyl (C=O) groups excluding carboxylic acids is 1. The zero-order valence-electron chi connectivity index (χ0n) is 16.9. The Balaban J connectivity index is 1.50. The van der Waals surface area contributed by atoms with E-state index in [0.717, 1.165) is 24.2 Å². The third-order valence-electron chi connectivity index (χ3n) is 5.85. The number of aliphatic hydroxyl groups is 1. The number of benzene rings is 1. The number of fused-ring (bicyclic) bond motifs is 2. The molecule has 1 amide bonds. The second kappa shape index (κ2) is 6.90. The van der Waals surface area contributed by atoms with Crippen LogP contribution in [-0.2, 0) is 14.2 Å². The second-order valence-electron chi connectivity index (χ2n) is 8.91. The highest BCUT2D eigenvalue weighted by Crippen LogP contribution is 2.55. The third-order valence-corrected chi connectivity index (χ3v) is 5.85. The summed E-state index contributed by atoms with van der Waals surface area (Å²) in [5, 5.41) is 10.8. The molecule has 2 aliphatic heterocycles. The summed E-state index contributed by atoms with van der Waals surface area (Å²) in [5.74, 6) is 0.693. The maximum absolute atomic E-state index is 12.7. The van der Waals surface area contributed by atoms with Crippen molar-refractivity contribution in [2.45, 2.75) is 63.3 Å². The first kappa shape index (κ1) is 19.5. The Bertz CT molecular complexity index is 723. The molecule has 3 aliphatic rings. The second-order valence-corrected chi connectivity index (χ2v) is 8.91. The number of piperidine rings is 1. The van der Waals surface area contributed by atoms with E-state index in [-0.39, 0.29) is 30.2 Å². The Morgan fingerprint density at radius 1 is 1.25 bits per heavy atom. The van der Waals surface area contributed by atoms with Crippen molar-refractivity contribution in [3.8, 4) is 5.75 Å². The van der Waals surface area contributed by atoms with Crippen LogP contribution in [0.4, 0.5) is 4.79 Å². The molecule has 0 aromatic heterocycles. The van der Waals surface area contributed by atoms with E-state index in [9.17, 15) is 9.90 Å². The average molecular weight is 391 g/mol. The number of hydrogen-bond donors (Lipinski definition) is 1. The molecule has 3 fully saturated rings. The van der Waals surface area contributed by atoms with Gasteiger partial charge in [0.25, 0.3) is 0 Å². The van der Waals surface area contributed by atoms with E-state index >= 15 is 0 Å². The van der Waals surface area contributed by atoms with Gasteiger partial charge in [-0.05, 0) is 45.7 Å². The van der Waals surface area contributed by atoms with Crippen LogP contribution in [0.15, 0.2) is 24.3 Å². The average Bonchev–Trinajstić information content (AvgIpc) is 3.44. The summed E-state index contributed by atoms with van der Waals surface area (Å²) >= 11 is 0. The first-order valence-corrected chi connectivity index (χ1v) is 9.83. The highest BCUT2D eigenvalue weighted by molar-refractivity contribution is 5.70. The van der Waals surface area contributed by atoms with Crippen LogP contribution in [0.3, 0.4) is 0 Å². The summed E-state index contributed by atoms with van der Waals surface area (Å²) in [6.45, 7) is 6.18. The number of β-amino-alcohol motifs (C(OH)–C–C–N with tert-alkyl or cyclic N) is 1. The van der Waals surface area contributed by atoms with E-state index in [1.807, 2.05) is 45.0 Å². The van der Waals surface area contributed by atoms with Gasteiger partial charge in [-0.3, -0.25) is 4.90 Å². The topological polar surface area (TPSA) is 77.5 Å². The van der Waals surface area contributed by atoms with Gasteiger partial charge in [0.1, 0.15) is 11.4 Å². The van der Waals surface area contributed by atoms with Crippen LogP contribution in [0, 0.1) is 5.92 Å². The van der Waals surface area contributed by atoms with Crippen molar-refractivity contribution in [3.05, 3.63) is 29.8 Å². The lowest BCUT2D eigenvalue weighted by Gasteiger charge is -2.51. The van der Waals surface area contributed by atoms with Gasteiger partial charge < -0.3 is 24.1 Å². The summed E-state index contributed by atoms with van der Waals surface area (Å²) in [5.41, 5.74) is -0.0312. The molecule has 1 saturated carbocycles. The monoisotopic (exact) mass is 391 g/mol. The third kappa shape index (κ3) is 3.47. The number of aliphatic hydroxyl groups excluding tert-OH is 1. The van der Waals surface area contributed by atoms with Crippen molar-refractivity contribution in [3.63, 3.8) is 0 Å². The van der Waals surface area contributed by atoms with E-state index < -0.39 is 18.0 Å². The number of likely N-dealkylation sites (tertiary alicyclic amines) is 1. The molecule has 1 aromatic carbocycles. The standard InChI is InChI=1S/C21H29NO6/c1-20(2,3)28-19(24)22-11-16(23)17-15(21(22)9-10-21)12-26-18(27-17)13-5-7-14(25-4)8-6-13/h5-8,15-18,23H,9-12H2,1-4H3/t15-,16-,17-,18?/m1/s1. The summed E-state index contributed by atoms with van der Waals surface area (Å²) in [4.78, 5) is 14.4. The molecule has 1 aliphatic carbocycles. The van der Waals surface area contributed by atoms with Gasteiger partial charge >= 0.3 is 6.09 Å². The number of carbonyl (C=O) groups is 1. The largest absolute Gasteiger partial charge is 0.497 e. The lowest BCUT2D eigenvalue weighted by molar-refractivity contribution is -0.285. The van der Waals surface area contributed by atoms with Crippen LogP contribution >= 0.6 is 0 Å². The molecule has 4 atom stereocenters. The molecule has 1 N–H and O–H groups in total. The number of ether oxygens (including phenoxy) is 4. The number of methoxy groups -OCH3 is 1. The molecule has 4 rings (SSSR count). The van der Waals surface area contributed by atoms with Gasteiger partial charge in [-0.25, -0.2) is 4.79 Å². The Morgan fingerprint density at radius 2 is 1.93 bits per heavy atom. The van der Waals surface area contributed by atoms with Gasteiger partial charge in [-0.2, -0.15) is 0 Å². The minimum Gasteiger partial charge on any atom is -0.497 e. The van der Waals surface area contributed by atoms with Crippen LogP contribution in [0.1, 0.15) is 45.5 Å². The highest BCUT2D eigenvalue weighted by atomic mass is 16.7. The normalized spacial score (nSPS) is 31.2. The summed E-state index contributed by atoms with van der Waals surface area (Å²) in [6.07, 6.45) is -0.319. The SMILES string of the molecule is COc1ccc(C2OC[C@@H]3[C@@H](O2)[C@H](O)CN(C(=O)OC(C)(C)C)C32CC2)cc1. The Kier molecular flexibility index (Phi) is 4.80. The van der Waals surface area contributed by atoms with E-state index in [1.165, 1.54) is 0 Å². The molecule has 0 bridgehead atoms. The van der Waals surface area contributed by atoms with Crippen molar-refractivity contribution in [1.82, 2.24) is 4.90 Å². The van der Waals surface area contributed by atoms with Crippen LogP contribution in [0.2, 0.25) is 0 Å². The molecule has 154 valence electrons. The quantitative estimate of drug-likeness (QED) is 0.835. The number of nitrogens with zero attached hydrogens (tertiary/aromatic N) is 1. The number of rotatable bonds is 2. The lowest BCUT2D eigenvalue weighted by Crippen LogP contribution is -2.65. The molecule has 2 heterocycles. The Hall–Kier alpha value is -1.83. The van der Waals surface area contributed by atoms with Gasteiger partial charge in [-0.1, -0.05) is 12.1 Å². The molecule has 1 aromatic rings. The first-order valence-electron chi connectivity index (χ1n) is 9.83. The Labute approximate surface area is 165 Å². The van der Waals surface area contributed by atoms with Gasteiger partial charge in [-0.15, -0.1) is 0 Å². The van der Waals surface area contributed by atoms with E-state index in [2.05, 4.69) is 0 Å². The molecule has 0 radical (unpaired) electrons. The molecule has 28 heavy (non-hydrogen) atoms. The van der Waals surface area contributed by atoms with Crippen molar-refractivity contribution < 1.29 is 28.8 Å². The first-order chi connectivity index (χ1) is 13.2. The number of amides is 1. The minimum absolute atomic E-state index is 0.0710. The molecular weight excluding hydrogens is 362 g/mol. The molecule has 1 spiro atoms. The van der Waals surface area contributed by atoms with Crippen molar-refractivity contribution >= 4 is 6.09 Å². The van der Waals surface area contributed by atoms with Gasteiger partial charge in [0.05, 0.1) is 38.0 Å². The van der Waals surface area contributed by atoms with Crippen molar-refractivity contribution in [2.24, 2.45) is 5.92 Å². The summed E-state index contributed by atoms with van der Waals surface area (Å²) in [7, 11) is 1.62. The summed E-state index contributed by atoms with van der Waals surface area (Å²) in [6, 6.07) is 7.52. The molecule has 7 nitrogen and oxygen atoms in total. The van der Waals surface area contributed by atoms with Crippen LogP contribution in [-0.4, -0.2) is 59.7 Å².